The second-order valence-electron chi connectivity index (χ2n) is 6.71. The monoisotopic (exact) mass is 364 g/mol. The summed E-state index contributed by atoms with van der Waals surface area (Å²) in [5.74, 6) is 0.584. The number of aryl methyl sites for hydroxylation is 1. The van der Waals surface area contributed by atoms with E-state index in [0.717, 1.165) is 35.0 Å². The van der Waals surface area contributed by atoms with Crippen molar-refractivity contribution in [1.29, 1.82) is 0 Å². The smallest absolute Gasteiger partial charge is 0.319 e. The predicted molar refractivity (Wildman–Crippen MR) is 99.8 cm³/mol. The minimum absolute atomic E-state index is 0.0898. The number of carbonyl (C=O) groups excluding carboxylic acids is 1. The summed E-state index contributed by atoms with van der Waals surface area (Å²) < 4.78 is 5.40. The van der Waals surface area contributed by atoms with Gasteiger partial charge >= 0.3 is 5.97 Å². The van der Waals surface area contributed by atoms with Crippen LogP contribution in [0, 0.1) is 5.92 Å². The van der Waals surface area contributed by atoms with Crippen LogP contribution in [0.3, 0.4) is 0 Å². The minimum atomic E-state index is -0.219. The van der Waals surface area contributed by atoms with Crippen LogP contribution in [0.25, 0.3) is 10.2 Å². The molecule has 2 aromatic rings. The van der Waals surface area contributed by atoms with Crippen molar-refractivity contribution >= 4 is 39.3 Å². The lowest BCUT2D eigenvalue weighted by Gasteiger charge is -2.19. The van der Waals surface area contributed by atoms with Gasteiger partial charge in [-0.1, -0.05) is 25.6 Å². The van der Waals surface area contributed by atoms with Crippen molar-refractivity contribution in [3.63, 3.8) is 0 Å². The van der Waals surface area contributed by atoms with Gasteiger partial charge in [0.05, 0.1) is 6.10 Å². The SMILES string of the molecule is CC[C@@H](Sc1ncnc2sc3c(c12)CC[C@@H](C)C3)C(=O)OC(C)C. The highest BCUT2D eigenvalue weighted by molar-refractivity contribution is 8.00. The van der Waals surface area contributed by atoms with E-state index in [4.69, 9.17) is 4.74 Å². The standard InChI is InChI=1S/C18H24N2O2S2/c1-5-13(18(21)22-10(2)3)23-16-15-12-7-6-11(4)8-14(12)24-17(15)20-9-19-16/h9-11,13H,5-8H2,1-4H3/t11-,13-/m1/s1. The molecule has 0 saturated heterocycles. The Morgan fingerprint density at radius 2 is 2.25 bits per heavy atom. The summed E-state index contributed by atoms with van der Waals surface area (Å²) in [5, 5.41) is 1.88. The van der Waals surface area contributed by atoms with Crippen LogP contribution in [0.1, 0.15) is 51.0 Å². The Kier molecular flexibility index (Phi) is 5.45. The molecule has 0 spiro atoms. The fourth-order valence-corrected chi connectivity index (χ4v) is 5.53. The lowest BCUT2D eigenvalue weighted by molar-refractivity contribution is -0.146. The molecule has 130 valence electrons. The molecule has 0 radical (unpaired) electrons. The van der Waals surface area contributed by atoms with Crippen molar-refractivity contribution in [2.75, 3.05) is 0 Å². The van der Waals surface area contributed by atoms with Crippen LogP contribution in [0.4, 0.5) is 0 Å². The number of hydrogen-bond acceptors (Lipinski definition) is 6. The van der Waals surface area contributed by atoms with Crippen molar-refractivity contribution in [2.24, 2.45) is 5.92 Å². The van der Waals surface area contributed by atoms with Crippen LogP contribution in [-0.2, 0) is 22.4 Å². The fourth-order valence-electron chi connectivity index (χ4n) is 3.08. The van der Waals surface area contributed by atoms with Gasteiger partial charge in [-0.25, -0.2) is 9.97 Å². The third kappa shape index (κ3) is 3.59. The van der Waals surface area contributed by atoms with Crippen molar-refractivity contribution in [2.45, 2.75) is 69.8 Å². The van der Waals surface area contributed by atoms with Crippen LogP contribution in [0.15, 0.2) is 11.4 Å². The lowest BCUT2D eigenvalue weighted by Crippen LogP contribution is -2.23. The number of rotatable bonds is 5. The number of nitrogens with zero attached hydrogens (tertiary/aromatic N) is 2. The molecule has 1 aliphatic rings. The Labute approximate surface area is 151 Å². The molecule has 0 saturated carbocycles. The average Bonchev–Trinajstić information content (AvgIpc) is 2.89. The van der Waals surface area contributed by atoms with Crippen molar-refractivity contribution in [3.8, 4) is 0 Å². The van der Waals surface area contributed by atoms with Gasteiger partial charge in [-0.05, 0) is 51.0 Å². The number of carbonyl (C=O) groups is 1. The number of ether oxygens (including phenoxy) is 1. The summed E-state index contributed by atoms with van der Waals surface area (Å²) in [4.78, 5) is 23.8. The third-order valence-corrected chi connectivity index (χ3v) is 6.80. The molecule has 6 heteroatoms. The molecule has 2 aromatic heterocycles. The van der Waals surface area contributed by atoms with E-state index < -0.39 is 0 Å². The Hall–Kier alpha value is -1.14. The first-order valence-electron chi connectivity index (χ1n) is 8.62. The highest BCUT2D eigenvalue weighted by Gasteiger charge is 2.26. The maximum Gasteiger partial charge on any atom is 0.319 e. The van der Waals surface area contributed by atoms with Crippen molar-refractivity contribution in [3.05, 3.63) is 16.8 Å². The van der Waals surface area contributed by atoms with E-state index >= 15 is 0 Å². The highest BCUT2D eigenvalue weighted by atomic mass is 32.2. The summed E-state index contributed by atoms with van der Waals surface area (Å²) in [6, 6.07) is 0. The molecule has 0 aliphatic heterocycles. The molecule has 2 atom stereocenters. The quantitative estimate of drug-likeness (QED) is 0.439. The van der Waals surface area contributed by atoms with Crippen molar-refractivity contribution in [1.82, 2.24) is 9.97 Å². The molecule has 0 amide bonds. The van der Waals surface area contributed by atoms with E-state index in [9.17, 15) is 4.79 Å². The van der Waals surface area contributed by atoms with Crippen LogP contribution >= 0.6 is 23.1 Å². The van der Waals surface area contributed by atoms with Crippen LogP contribution < -0.4 is 0 Å². The average molecular weight is 365 g/mol. The lowest BCUT2D eigenvalue weighted by atomic mass is 9.89. The molecule has 0 fully saturated rings. The second kappa shape index (κ2) is 7.40. The first-order valence-corrected chi connectivity index (χ1v) is 10.3. The Bertz CT molecular complexity index is 742. The molecule has 3 rings (SSSR count). The molecule has 24 heavy (non-hydrogen) atoms. The molecule has 0 N–H and O–H groups in total. The summed E-state index contributed by atoms with van der Waals surface area (Å²) in [7, 11) is 0. The first-order chi connectivity index (χ1) is 11.5. The molecule has 0 aromatic carbocycles. The van der Waals surface area contributed by atoms with Gasteiger partial charge in [-0.15, -0.1) is 11.3 Å². The van der Waals surface area contributed by atoms with E-state index in [1.165, 1.54) is 34.0 Å². The van der Waals surface area contributed by atoms with E-state index in [1.54, 1.807) is 17.7 Å². The molecule has 4 nitrogen and oxygen atoms in total. The highest BCUT2D eigenvalue weighted by Crippen LogP contribution is 2.41. The third-order valence-electron chi connectivity index (χ3n) is 4.30. The van der Waals surface area contributed by atoms with E-state index in [-0.39, 0.29) is 17.3 Å². The number of thioether (sulfide) groups is 1. The van der Waals surface area contributed by atoms with Crippen LogP contribution in [-0.4, -0.2) is 27.3 Å². The van der Waals surface area contributed by atoms with E-state index in [2.05, 4.69) is 16.9 Å². The molecule has 0 bridgehead atoms. The van der Waals surface area contributed by atoms with Gasteiger partial charge in [-0.3, -0.25) is 4.79 Å². The number of esters is 1. The molecule has 0 unspecified atom stereocenters. The zero-order valence-electron chi connectivity index (χ0n) is 14.7. The number of fused-ring (bicyclic) bond motifs is 3. The summed E-state index contributed by atoms with van der Waals surface area (Å²) in [6.07, 6.45) is 5.69. The van der Waals surface area contributed by atoms with Gasteiger partial charge in [0.25, 0.3) is 0 Å². The fraction of sp³-hybridized carbons (Fsp3) is 0.611. The maximum absolute atomic E-state index is 12.3. The Balaban J connectivity index is 1.93. The van der Waals surface area contributed by atoms with Gasteiger partial charge in [0, 0.05) is 10.3 Å². The zero-order chi connectivity index (χ0) is 17.3. The zero-order valence-corrected chi connectivity index (χ0v) is 16.3. The normalized spacial score (nSPS) is 18.6. The van der Waals surface area contributed by atoms with Gasteiger partial charge in [-0.2, -0.15) is 0 Å². The first kappa shape index (κ1) is 17.7. The summed E-state index contributed by atoms with van der Waals surface area (Å²) >= 11 is 3.32. The molecule has 2 heterocycles. The van der Waals surface area contributed by atoms with E-state index in [0.29, 0.717) is 0 Å². The maximum atomic E-state index is 12.3. The largest absolute Gasteiger partial charge is 0.462 e. The summed E-state index contributed by atoms with van der Waals surface area (Å²) in [6.45, 7) is 8.09. The number of hydrogen-bond donors (Lipinski definition) is 0. The number of aromatic nitrogens is 2. The number of thiophene rings is 1. The van der Waals surface area contributed by atoms with Crippen LogP contribution in [0.5, 0.6) is 0 Å². The van der Waals surface area contributed by atoms with Gasteiger partial charge < -0.3 is 4.74 Å². The van der Waals surface area contributed by atoms with Gasteiger partial charge in [0.2, 0.25) is 0 Å². The Morgan fingerprint density at radius 3 is 2.96 bits per heavy atom. The van der Waals surface area contributed by atoms with Crippen LogP contribution in [0.2, 0.25) is 0 Å². The minimum Gasteiger partial charge on any atom is -0.462 e. The van der Waals surface area contributed by atoms with Crippen molar-refractivity contribution < 1.29 is 9.53 Å². The second-order valence-corrected chi connectivity index (χ2v) is 8.99. The predicted octanol–water partition coefficient (Wildman–Crippen LogP) is 4.64. The van der Waals surface area contributed by atoms with E-state index in [1.807, 2.05) is 20.8 Å². The summed E-state index contributed by atoms with van der Waals surface area (Å²) in [5.41, 5.74) is 1.41. The Morgan fingerprint density at radius 1 is 1.46 bits per heavy atom. The molecular formula is C18H24N2O2S2. The molecule has 1 aliphatic carbocycles. The van der Waals surface area contributed by atoms with Gasteiger partial charge in [0.1, 0.15) is 21.4 Å². The van der Waals surface area contributed by atoms with Gasteiger partial charge in [0.15, 0.2) is 0 Å². The topological polar surface area (TPSA) is 52.1 Å². The molecular weight excluding hydrogens is 340 g/mol.